The average molecular weight is 556 g/mol. The first-order valence-electron chi connectivity index (χ1n) is 15.2. The summed E-state index contributed by atoms with van der Waals surface area (Å²) in [6, 6.07) is 7.10. The molecule has 3 atom stereocenters. The maximum absolute atomic E-state index is 14.0. The van der Waals surface area contributed by atoms with Gasteiger partial charge in [-0.2, -0.15) is 0 Å². The summed E-state index contributed by atoms with van der Waals surface area (Å²) in [5.74, 6) is 0.0661. The number of ether oxygens (including phenoxy) is 1. The number of anilines is 1. The molecule has 9 nitrogen and oxygen atoms in total. The van der Waals surface area contributed by atoms with Crippen molar-refractivity contribution < 1.29 is 19.1 Å². The van der Waals surface area contributed by atoms with Crippen LogP contribution in [0.5, 0.6) is 0 Å². The molecule has 0 radical (unpaired) electrons. The van der Waals surface area contributed by atoms with E-state index in [1.165, 1.54) is 6.42 Å². The van der Waals surface area contributed by atoms with Crippen molar-refractivity contribution in [1.29, 1.82) is 0 Å². The lowest BCUT2D eigenvalue weighted by Crippen LogP contribution is -2.66. The van der Waals surface area contributed by atoms with E-state index in [0.29, 0.717) is 26.1 Å². The quantitative estimate of drug-likeness (QED) is 0.457. The molecule has 9 heteroatoms. The number of hydrogen-bond acceptors (Lipinski definition) is 5. The maximum atomic E-state index is 14.0. The van der Waals surface area contributed by atoms with Gasteiger partial charge in [0.25, 0.3) is 0 Å². The summed E-state index contributed by atoms with van der Waals surface area (Å²) in [5.41, 5.74) is 2.13. The predicted octanol–water partition coefficient (Wildman–Crippen LogP) is 3.91. The molecule has 3 aliphatic rings. The highest BCUT2D eigenvalue weighted by Crippen LogP contribution is 2.28. The van der Waals surface area contributed by atoms with E-state index in [9.17, 15) is 14.4 Å². The molecule has 1 aromatic rings. The Kier molecular flexibility index (Phi) is 10.7. The minimum absolute atomic E-state index is 0.0415. The molecule has 2 saturated heterocycles. The summed E-state index contributed by atoms with van der Waals surface area (Å²) in [5, 5.41) is 6.26. The minimum atomic E-state index is -0.602. The number of nitrogens with zero attached hydrogens (tertiary/aromatic N) is 3. The van der Waals surface area contributed by atoms with E-state index in [1.54, 1.807) is 4.90 Å². The molecule has 222 valence electrons. The van der Waals surface area contributed by atoms with Gasteiger partial charge in [0.05, 0.1) is 12.1 Å². The molecular weight excluding hydrogens is 506 g/mol. The van der Waals surface area contributed by atoms with Crippen LogP contribution in [0.25, 0.3) is 0 Å². The van der Waals surface area contributed by atoms with Crippen LogP contribution in [0.4, 0.5) is 10.5 Å². The fourth-order valence-corrected chi connectivity index (χ4v) is 6.23. The van der Waals surface area contributed by atoms with Crippen LogP contribution in [-0.4, -0.2) is 85.7 Å². The van der Waals surface area contributed by atoms with Gasteiger partial charge < -0.3 is 30.1 Å². The SMILES string of the molecule is CC(C)C[C@H]1C(=O)N(Cc2ccc(N(C)C)cc2)C[C@@H](CC(=O)NCC2CCCO2)N1C(=O)NC1CCCCC1. The van der Waals surface area contributed by atoms with Crippen molar-refractivity contribution in [2.24, 2.45) is 5.92 Å². The zero-order valence-electron chi connectivity index (χ0n) is 24.9. The van der Waals surface area contributed by atoms with E-state index in [4.69, 9.17) is 4.74 Å². The summed E-state index contributed by atoms with van der Waals surface area (Å²) >= 11 is 0. The molecule has 1 aromatic carbocycles. The molecule has 0 aromatic heterocycles. The highest BCUT2D eigenvalue weighted by Gasteiger charge is 2.44. The standard InChI is InChI=1S/C31H49N5O4/c1-22(2)17-28-30(38)35(20-23-12-14-25(15-13-23)34(3)4)21-26(18-29(37)32-19-27-11-8-16-40-27)36(28)31(39)33-24-9-6-5-7-10-24/h12-15,22,24,26-28H,5-11,16-21H2,1-4H3,(H,32,37)(H,33,39)/t26-,27?,28+/m1/s1. The van der Waals surface area contributed by atoms with Gasteiger partial charge in [0.15, 0.2) is 0 Å². The lowest BCUT2D eigenvalue weighted by Gasteiger charge is -2.47. The molecule has 2 aliphatic heterocycles. The number of hydrogen-bond donors (Lipinski definition) is 2. The largest absolute Gasteiger partial charge is 0.378 e. The van der Waals surface area contributed by atoms with Crippen LogP contribution in [0.2, 0.25) is 0 Å². The van der Waals surface area contributed by atoms with Crippen molar-refractivity contribution in [2.75, 3.05) is 38.7 Å². The van der Waals surface area contributed by atoms with Crippen molar-refractivity contribution in [3.05, 3.63) is 29.8 Å². The number of benzene rings is 1. The molecule has 1 aliphatic carbocycles. The summed E-state index contributed by atoms with van der Waals surface area (Å²) in [7, 11) is 4.00. The number of carbonyl (C=O) groups is 3. The molecule has 1 unspecified atom stereocenters. The van der Waals surface area contributed by atoms with E-state index < -0.39 is 12.1 Å². The first-order valence-corrected chi connectivity index (χ1v) is 15.2. The Morgan fingerprint density at radius 1 is 1.05 bits per heavy atom. The Morgan fingerprint density at radius 3 is 2.40 bits per heavy atom. The molecule has 3 fully saturated rings. The molecule has 4 rings (SSSR count). The van der Waals surface area contributed by atoms with Gasteiger partial charge in [0.1, 0.15) is 6.04 Å². The van der Waals surface area contributed by atoms with Gasteiger partial charge in [-0.25, -0.2) is 4.79 Å². The number of piperazine rings is 1. The van der Waals surface area contributed by atoms with Crippen LogP contribution < -0.4 is 15.5 Å². The Bertz CT molecular complexity index is 986. The molecule has 4 amide bonds. The van der Waals surface area contributed by atoms with Crippen LogP contribution in [-0.2, 0) is 20.9 Å². The van der Waals surface area contributed by atoms with Crippen molar-refractivity contribution in [1.82, 2.24) is 20.4 Å². The van der Waals surface area contributed by atoms with Crippen molar-refractivity contribution >= 4 is 23.5 Å². The fourth-order valence-electron chi connectivity index (χ4n) is 6.23. The Labute approximate surface area is 240 Å². The van der Waals surface area contributed by atoms with Gasteiger partial charge >= 0.3 is 6.03 Å². The summed E-state index contributed by atoms with van der Waals surface area (Å²) in [6.07, 6.45) is 8.06. The third kappa shape index (κ3) is 8.12. The van der Waals surface area contributed by atoms with Crippen LogP contribution in [0, 0.1) is 5.92 Å². The lowest BCUT2D eigenvalue weighted by atomic mass is 9.93. The molecule has 40 heavy (non-hydrogen) atoms. The molecule has 1 saturated carbocycles. The second-order valence-electron chi connectivity index (χ2n) is 12.4. The second kappa shape index (κ2) is 14.2. The predicted molar refractivity (Wildman–Crippen MR) is 157 cm³/mol. The van der Waals surface area contributed by atoms with Crippen molar-refractivity contribution in [3.63, 3.8) is 0 Å². The van der Waals surface area contributed by atoms with Gasteiger partial charge in [-0.1, -0.05) is 45.2 Å². The number of rotatable bonds is 10. The third-order valence-electron chi connectivity index (χ3n) is 8.42. The van der Waals surface area contributed by atoms with Crippen LogP contribution in [0.1, 0.15) is 77.2 Å². The minimum Gasteiger partial charge on any atom is -0.378 e. The van der Waals surface area contributed by atoms with Crippen molar-refractivity contribution in [3.8, 4) is 0 Å². The van der Waals surface area contributed by atoms with Crippen LogP contribution in [0.15, 0.2) is 24.3 Å². The Morgan fingerprint density at radius 2 is 1.77 bits per heavy atom. The zero-order chi connectivity index (χ0) is 28.6. The van der Waals surface area contributed by atoms with Crippen LogP contribution in [0.3, 0.4) is 0 Å². The third-order valence-corrected chi connectivity index (χ3v) is 8.42. The van der Waals surface area contributed by atoms with Gasteiger partial charge in [-0.05, 0) is 55.7 Å². The van der Waals surface area contributed by atoms with E-state index in [1.807, 2.05) is 36.0 Å². The summed E-state index contributed by atoms with van der Waals surface area (Å²) in [4.78, 5) is 46.6. The number of carbonyl (C=O) groups excluding carboxylic acids is 3. The first-order chi connectivity index (χ1) is 19.2. The smallest absolute Gasteiger partial charge is 0.318 e. The van der Waals surface area contributed by atoms with Crippen molar-refractivity contribution in [2.45, 2.75) is 102 Å². The molecule has 0 spiro atoms. The number of amides is 4. The van der Waals surface area contributed by atoms with Gasteiger partial charge in [0.2, 0.25) is 11.8 Å². The van der Waals surface area contributed by atoms with Gasteiger partial charge in [-0.15, -0.1) is 0 Å². The lowest BCUT2D eigenvalue weighted by molar-refractivity contribution is -0.145. The number of urea groups is 1. The second-order valence-corrected chi connectivity index (χ2v) is 12.4. The summed E-state index contributed by atoms with van der Waals surface area (Å²) < 4.78 is 5.67. The van der Waals surface area contributed by atoms with Gasteiger partial charge in [-0.3, -0.25) is 9.59 Å². The van der Waals surface area contributed by atoms with E-state index in [-0.39, 0.29) is 42.3 Å². The number of nitrogens with one attached hydrogen (secondary N) is 2. The Balaban J connectivity index is 1.54. The van der Waals surface area contributed by atoms with E-state index >= 15 is 0 Å². The first kappa shape index (κ1) is 30.2. The average Bonchev–Trinajstić information content (AvgIpc) is 3.44. The van der Waals surface area contributed by atoms with E-state index in [0.717, 1.165) is 56.4 Å². The highest BCUT2D eigenvalue weighted by atomic mass is 16.5. The zero-order valence-corrected chi connectivity index (χ0v) is 24.9. The summed E-state index contributed by atoms with van der Waals surface area (Å²) in [6.45, 7) is 6.15. The molecule has 2 N–H and O–H groups in total. The molecule has 2 heterocycles. The normalized spacial score (nSPS) is 23.9. The monoisotopic (exact) mass is 555 g/mol. The topological polar surface area (TPSA) is 94.2 Å². The Hall–Kier alpha value is -2.81. The van der Waals surface area contributed by atoms with Crippen LogP contribution >= 0.6 is 0 Å². The molecule has 0 bridgehead atoms. The fraction of sp³-hybridized carbons (Fsp3) is 0.710. The van der Waals surface area contributed by atoms with E-state index in [2.05, 4.69) is 36.6 Å². The maximum Gasteiger partial charge on any atom is 0.318 e. The highest BCUT2D eigenvalue weighted by molar-refractivity contribution is 5.89. The molecular formula is C31H49N5O4. The van der Waals surface area contributed by atoms with Gasteiger partial charge in [0, 0.05) is 58.5 Å².